The molecule has 1 heterocycles. The molecule has 0 saturated carbocycles. The summed E-state index contributed by atoms with van der Waals surface area (Å²) in [5.41, 5.74) is 4.14. The predicted molar refractivity (Wildman–Crippen MR) is 123 cm³/mol. The lowest BCUT2D eigenvalue weighted by molar-refractivity contribution is -0.120. The Labute approximate surface area is 185 Å². The molecule has 6 heteroatoms. The van der Waals surface area contributed by atoms with E-state index in [0.29, 0.717) is 27.6 Å². The fourth-order valence-corrected chi connectivity index (χ4v) is 3.83. The number of halogens is 1. The summed E-state index contributed by atoms with van der Waals surface area (Å²) in [4.78, 5) is 28.2. The molecule has 156 valence electrons. The number of amides is 2. The van der Waals surface area contributed by atoms with Crippen molar-refractivity contribution in [2.45, 2.75) is 13.8 Å². The highest BCUT2D eigenvalue weighted by Gasteiger charge is 2.41. The molecule has 1 aliphatic rings. The van der Waals surface area contributed by atoms with Crippen molar-refractivity contribution in [1.82, 2.24) is 0 Å². The Balaban J connectivity index is 1.85. The van der Waals surface area contributed by atoms with Gasteiger partial charge in [0.05, 0.1) is 18.4 Å². The monoisotopic (exact) mass is 432 g/mol. The second kappa shape index (κ2) is 8.28. The number of nitrogens with zero attached hydrogens (tertiary/aromatic N) is 1. The number of carbonyl (C=O) groups excluding carboxylic acids is 2. The summed E-state index contributed by atoms with van der Waals surface area (Å²) in [6.45, 7) is 3.76. The van der Waals surface area contributed by atoms with E-state index in [-0.39, 0.29) is 5.70 Å². The van der Waals surface area contributed by atoms with Gasteiger partial charge in [-0.05, 0) is 66.9 Å². The number of para-hydroxylation sites is 1. The Morgan fingerprint density at radius 2 is 1.58 bits per heavy atom. The molecule has 0 radical (unpaired) electrons. The molecule has 2 amide bonds. The van der Waals surface area contributed by atoms with Crippen LogP contribution < -0.4 is 15.0 Å². The molecule has 3 aromatic rings. The molecule has 4 rings (SSSR count). The van der Waals surface area contributed by atoms with Crippen LogP contribution in [0, 0.1) is 13.8 Å². The van der Waals surface area contributed by atoms with Crippen molar-refractivity contribution in [3.05, 3.63) is 94.1 Å². The Morgan fingerprint density at radius 1 is 0.871 bits per heavy atom. The van der Waals surface area contributed by atoms with Crippen molar-refractivity contribution in [3.63, 3.8) is 0 Å². The maximum atomic E-state index is 13.5. The van der Waals surface area contributed by atoms with Crippen molar-refractivity contribution in [2.75, 3.05) is 17.3 Å². The zero-order valence-electron chi connectivity index (χ0n) is 17.4. The van der Waals surface area contributed by atoms with E-state index in [1.807, 2.05) is 38.1 Å². The Bertz CT molecular complexity index is 1220. The molecule has 1 N–H and O–H groups in total. The third kappa shape index (κ3) is 3.80. The van der Waals surface area contributed by atoms with E-state index in [2.05, 4.69) is 5.32 Å². The first-order valence-electron chi connectivity index (χ1n) is 9.77. The minimum atomic E-state index is -0.413. The van der Waals surface area contributed by atoms with Crippen LogP contribution in [0.2, 0.25) is 5.02 Å². The largest absolute Gasteiger partial charge is 0.497 e. The van der Waals surface area contributed by atoms with Crippen molar-refractivity contribution >= 4 is 40.4 Å². The lowest BCUT2D eigenvalue weighted by atomic mass is 10.0. The number of imide groups is 1. The maximum absolute atomic E-state index is 13.5. The summed E-state index contributed by atoms with van der Waals surface area (Å²) in [7, 11) is 1.58. The van der Waals surface area contributed by atoms with Crippen molar-refractivity contribution in [3.8, 4) is 5.75 Å². The third-order valence-electron chi connectivity index (χ3n) is 5.27. The van der Waals surface area contributed by atoms with Crippen molar-refractivity contribution in [2.24, 2.45) is 0 Å². The molecule has 0 saturated heterocycles. The SMILES string of the molecule is COc1ccc(C2=C(Nc3ccccc3C)C(=O)N(c3ccc(Cl)cc3C)C2=O)cc1. The van der Waals surface area contributed by atoms with Gasteiger partial charge in [0, 0.05) is 10.7 Å². The summed E-state index contributed by atoms with van der Waals surface area (Å²) in [5, 5.41) is 3.75. The number of rotatable bonds is 5. The van der Waals surface area contributed by atoms with Crippen LogP contribution in [0.15, 0.2) is 72.4 Å². The number of methoxy groups -OCH3 is 1. The van der Waals surface area contributed by atoms with Crippen LogP contribution in [0.25, 0.3) is 5.57 Å². The van der Waals surface area contributed by atoms with Crippen molar-refractivity contribution in [1.29, 1.82) is 0 Å². The highest BCUT2D eigenvalue weighted by atomic mass is 35.5. The third-order valence-corrected chi connectivity index (χ3v) is 5.50. The molecule has 31 heavy (non-hydrogen) atoms. The fourth-order valence-electron chi connectivity index (χ4n) is 3.61. The van der Waals surface area contributed by atoms with Gasteiger partial charge in [0.15, 0.2) is 0 Å². The minimum absolute atomic E-state index is 0.235. The number of aryl methyl sites for hydroxylation is 2. The molecule has 0 aliphatic carbocycles. The number of hydrogen-bond donors (Lipinski definition) is 1. The standard InChI is InChI=1S/C25H21ClN2O3/c1-15-6-4-5-7-20(15)27-23-22(17-8-11-19(31-3)12-9-17)24(29)28(25(23)30)21-13-10-18(26)14-16(21)2/h4-14,27H,1-3H3. The van der Waals surface area contributed by atoms with E-state index >= 15 is 0 Å². The topological polar surface area (TPSA) is 58.6 Å². The van der Waals surface area contributed by atoms with Gasteiger partial charge in [-0.15, -0.1) is 0 Å². The van der Waals surface area contributed by atoms with Gasteiger partial charge >= 0.3 is 0 Å². The van der Waals surface area contributed by atoms with Crippen LogP contribution >= 0.6 is 11.6 Å². The normalized spacial score (nSPS) is 13.7. The van der Waals surface area contributed by atoms with Gasteiger partial charge in [-0.25, -0.2) is 4.90 Å². The number of ether oxygens (including phenoxy) is 1. The van der Waals surface area contributed by atoms with E-state index in [1.54, 1.807) is 49.6 Å². The Morgan fingerprint density at radius 3 is 2.23 bits per heavy atom. The summed E-state index contributed by atoms with van der Waals surface area (Å²) in [6.07, 6.45) is 0. The predicted octanol–water partition coefficient (Wildman–Crippen LogP) is 5.36. The zero-order chi connectivity index (χ0) is 22.1. The highest BCUT2D eigenvalue weighted by Crippen LogP contribution is 2.36. The first kappa shape index (κ1) is 20.7. The van der Waals surface area contributed by atoms with Gasteiger partial charge in [0.25, 0.3) is 11.8 Å². The van der Waals surface area contributed by atoms with Crippen LogP contribution in [0.3, 0.4) is 0 Å². The first-order valence-corrected chi connectivity index (χ1v) is 10.1. The number of anilines is 2. The van der Waals surface area contributed by atoms with Gasteiger partial charge in [0.1, 0.15) is 11.4 Å². The van der Waals surface area contributed by atoms with Crippen molar-refractivity contribution < 1.29 is 14.3 Å². The lowest BCUT2D eigenvalue weighted by Gasteiger charge is -2.18. The molecular weight excluding hydrogens is 412 g/mol. The molecule has 0 spiro atoms. The molecule has 0 aromatic heterocycles. The average molecular weight is 433 g/mol. The smallest absolute Gasteiger partial charge is 0.282 e. The molecule has 0 bridgehead atoms. The maximum Gasteiger partial charge on any atom is 0.282 e. The number of hydrogen-bond acceptors (Lipinski definition) is 4. The van der Waals surface area contributed by atoms with E-state index in [0.717, 1.165) is 16.8 Å². The van der Waals surface area contributed by atoms with Gasteiger partial charge in [0.2, 0.25) is 0 Å². The zero-order valence-corrected chi connectivity index (χ0v) is 18.2. The summed E-state index contributed by atoms with van der Waals surface area (Å²) < 4.78 is 5.23. The first-order chi connectivity index (χ1) is 14.9. The van der Waals surface area contributed by atoms with E-state index < -0.39 is 11.8 Å². The minimum Gasteiger partial charge on any atom is -0.497 e. The van der Waals surface area contributed by atoms with Gasteiger partial charge in [-0.1, -0.05) is 41.9 Å². The van der Waals surface area contributed by atoms with Gasteiger partial charge < -0.3 is 10.1 Å². The lowest BCUT2D eigenvalue weighted by Crippen LogP contribution is -2.33. The summed E-state index contributed by atoms with van der Waals surface area (Å²) in [5.74, 6) is -0.138. The fraction of sp³-hybridized carbons (Fsp3) is 0.120. The molecule has 3 aromatic carbocycles. The van der Waals surface area contributed by atoms with Crippen LogP contribution in [-0.4, -0.2) is 18.9 Å². The number of nitrogens with one attached hydrogen (secondary N) is 1. The molecule has 1 aliphatic heterocycles. The molecule has 0 atom stereocenters. The quantitative estimate of drug-likeness (QED) is 0.551. The van der Waals surface area contributed by atoms with Crippen LogP contribution in [0.4, 0.5) is 11.4 Å². The second-order valence-electron chi connectivity index (χ2n) is 7.29. The Kier molecular flexibility index (Phi) is 5.53. The van der Waals surface area contributed by atoms with Crippen LogP contribution in [0.1, 0.15) is 16.7 Å². The van der Waals surface area contributed by atoms with Gasteiger partial charge in [-0.2, -0.15) is 0 Å². The van der Waals surface area contributed by atoms with Crippen LogP contribution in [-0.2, 0) is 9.59 Å². The molecular formula is C25H21ClN2O3. The van der Waals surface area contributed by atoms with Crippen LogP contribution in [0.5, 0.6) is 5.75 Å². The number of benzene rings is 3. The van der Waals surface area contributed by atoms with E-state index in [9.17, 15) is 9.59 Å². The average Bonchev–Trinajstić information content (AvgIpc) is 3.00. The highest BCUT2D eigenvalue weighted by molar-refractivity contribution is 6.46. The number of carbonyl (C=O) groups is 2. The molecule has 0 fully saturated rings. The molecule has 5 nitrogen and oxygen atoms in total. The Hall–Kier alpha value is -3.57. The second-order valence-corrected chi connectivity index (χ2v) is 7.73. The molecule has 0 unspecified atom stereocenters. The van der Waals surface area contributed by atoms with Gasteiger partial charge in [-0.3, -0.25) is 9.59 Å². The summed E-state index contributed by atoms with van der Waals surface area (Å²) >= 11 is 6.08. The summed E-state index contributed by atoms with van der Waals surface area (Å²) in [6, 6.07) is 19.8. The van der Waals surface area contributed by atoms with E-state index in [4.69, 9.17) is 16.3 Å². The van der Waals surface area contributed by atoms with E-state index in [1.165, 1.54) is 4.90 Å².